The first-order valence-corrected chi connectivity index (χ1v) is 11.6. The minimum absolute atomic E-state index is 0.184. The number of nitriles is 1. The molecule has 0 saturated carbocycles. The van der Waals surface area contributed by atoms with E-state index in [1.807, 2.05) is 11.0 Å². The third kappa shape index (κ3) is 4.36. The highest BCUT2D eigenvalue weighted by atomic mass is 35.5. The highest BCUT2D eigenvalue weighted by Crippen LogP contribution is 2.36. The van der Waals surface area contributed by atoms with Crippen LogP contribution in [0, 0.1) is 17.3 Å². The van der Waals surface area contributed by atoms with E-state index in [1.54, 1.807) is 31.3 Å². The number of anilines is 1. The topological polar surface area (TPSA) is 111 Å². The molecular weight excluding hydrogens is 494 g/mol. The van der Waals surface area contributed by atoms with Crippen LogP contribution in [0.1, 0.15) is 30.6 Å². The SMILES string of the molecule is C[C@@H](Oc1ccc2[nH]nc(-c3cnc(N4CC[C@@H](O)C4)c(C#N)c3)c2c1)c1c(Cl)cnc(F)c1Cl. The summed E-state index contributed by atoms with van der Waals surface area (Å²) in [5.41, 5.74) is 2.72. The summed E-state index contributed by atoms with van der Waals surface area (Å²) < 4.78 is 19.9. The van der Waals surface area contributed by atoms with Gasteiger partial charge < -0.3 is 14.7 Å². The third-order valence-electron chi connectivity index (χ3n) is 5.94. The van der Waals surface area contributed by atoms with Gasteiger partial charge in [-0.05, 0) is 37.6 Å². The van der Waals surface area contributed by atoms with Gasteiger partial charge in [0.15, 0.2) is 0 Å². The van der Waals surface area contributed by atoms with Gasteiger partial charge in [-0.2, -0.15) is 14.8 Å². The Kier molecular flexibility index (Phi) is 6.19. The van der Waals surface area contributed by atoms with Crippen LogP contribution in [0.15, 0.2) is 36.7 Å². The fraction of sp³-hybridized carbons (Fsp3) is 0.250. The maximum Gasteiger partial charge on any atom is 0.232 e. The van der Waals surface area contributed by atoms with Gasteiger partial charge in [0.2, 0.25) is 5.95 Å². The van der Waals surface area contributed by atoms with E-state index in [4.69, 9.17) is 27.9 Å². The van der Waals surface area contributed by atoms with Gasteiger partial charge in [0, 0.05) is 42.0 Å². The second kappa shape index (κ2) is 9.30. The van der Waals surface area contributed by atoms with Crippen molar-refractivity contribution < 1.29 is 14.2 Å². The molecule has 178 valence electrons. The number of hydrogen-bond donors (Lipinski definition) is 2. The summed E-state index contributed by atoms with van der Waals surface area (Å²) in [7, 11) is 0. The zero-order chi connectivity index (χ0) is 24.7. The summed E-state index contributed by atoms with van der Waals surface area (Å²) >= 11 is 12.3. The molecule has 3 aromatic heterocycles. The Hall–Kier alpha value is -3.45. The average Bonchev–Trinajstić information content (AvgIpc) is 3.47. The summed E-state index contributed by atoms with van der Waals surface area (Å²) in [6.07, 6.45) is 2.42. The molecule has 2 N–H and O–H groups in total. The number of rotatable bonds is 5. The van der Waals surface area contributed by atoms with E-state index in [9.17, 15) is 14.8 Å². The van der Waals surface area contributed by atoms with Crippen molar-refractivity contribution in [1.82, 2.24) is 20.2 Å². The standard InChI is InChI=1S/C24H19Cl2FN6O2/c1-12(20-18(25)10-29-23(27)21(20)26)35-16-2-3-19-17(7-16)22(32-31-19)14-6-13(8-28)24(30-9-14)33-5-4-15(34)11-33/h2-3,6-7,9-10,12,15,34H,4-5,11H2,1H3,(H,31,32)/t12-,15-/m1/s1. The lowest BCUT2D eigenvalue weighted by atomic mass is 10.1. The number of β-amino-alcohol motifs (C(OH)–C–C–N with tert-alkyl or cyclic N) is 1. The average molecular weight is 513 g/mol. The van der Waals surface area contributed by atoms with Crippen LogP contribution < -0.4 is 9.64 Å². The van der Waals surface area contributed by atoms with Crippen molar-refractivity contribution in [2.75, 3.05) is 18.0 Å². The van der Waals surface area contributed by atoms with Gasteiger partial charge in [0.25, 0.3) is 0 Å². The number of aromatic nitrogens is 4. The largest absolute Gasteiger partial charge is 0.486 e. The molecule has 0 amide bonds. The number of aromatic amines is 1. The van der Waals surface area contributed by atoms with Crippen LogP contribution in [0.25, 0.3) is 22.2 Å². The fourth-order valence-corrected chi connectivity index (χ4v) is 4.88. The van der Waals surface area contributed by atoms with E-state index >= 15 is 0 Å². The predicted molar refractivity (Wildman–Crippen MR) is 130 cm³/mol. The summed E-state index contributed by atoms with van der Waals surface area (Å²) in [5, 5.41) is 27.7. The lowest BCUT2D eigenvalue weighted by Crippen LogP contribution is -2.23. The van der Waals surface area contributed by atoms with Crippen LogP contribution >= 0.6 is 23.2 Å². The molecule has 0 unspecified atom stereocenters. The highest BCUT2D eigenvalue weighted by Gasteiger charge is 2.24. The van der Waals surface area contributed by atoms with E-state index < -0.39 is 18.2 Å². The zero-order valence-corrected chi connectivity index (χ0v) is 20.0. The molecule has 1 aromatic carbocycles. The van der Waals surface area contributed by atoms with Crippen molar-refractivity contribution in [3.05, 3.63) is 63.8 Å². The maximum absolute atomic E-state index is 13.9. The highest BCUT2D eigenvalue weighted by molar-refractivity contribution is 6.35. The van der Waals surface area contributed by atoms with Crippen molar-refractivity contribution >= 4 is 39.9 Å². The summed E-state index contributed by atoms with van der Waals surface area (Å²) in [6, 6.07) is 9.29. The Labute approximate surface area is 209 Å². The molecule has 35 heavy (non-hydrogen) atoms. The van der Waals surface area contributed by atoms with Crippen LogP contribution in [0.2, 0.25) is 10.0 Å². The number of halogens is 3. The van der Waals surface area contributed by atoms with Gasteiger partial charge in [-0.1, -0.05) is 23.2 Å². The Morgan fingerprint density at radius 2 is 2.11 bits per heavy atom. The van der Waals surface area contributed by atoms with Gasteiger partial charge in [0.1, 0.15) is 34.5 Å². The summed E-state index contributed by atoms with van der Waals surface area (Å²) in [6.45, 7) is 2.80. The number of ether oxygens (including phenoxy) is 1. The molecule has 1 saturated heterocycles. The number of H-pyrrole nitrogens is 1. The van der Waals surface area contributed by atoms with Crippen molar-refractivity contribution in [2.45, 2.75) is 25.6 Å². The maximum atomic E-state index is 13.9. The summed E-state index contributed by atoms with van der Waals surface area (Å²) in [5.74, 6) is 0.221. The van der Waals surface area contributed by atoms with Crippen LogP contribution in [-0.4, -0.2) is 44.5 Å². The fourth-order valence-electron chi connectivity index (χ4n) is 4.23. The summed E-state index contributed by atoms with van der Waals surface area (Å²) in [4.78, 5) is 9.92. The molecule has 1 aliphatic rings. The van der Waals surface area contributed by atoms with Crippen molar-refractivity contribution in [2.24, 2.45) is 0 Å². The van der Waals surface area contributed by atoms with Gasteiger partial charge >= 0.3 is 0 Å². The number of nitrogens with zero attached hydrogens (tertiary/aromatic N) is 5. The molecule has 0 radical (unpaired) electrons. The number of benzene rings is 1. The Balaban J connectivity index is 1.47. The van der Waals surface area contributed by atoms with Gasteiger partial charge in [0.05, 0.1) is 22.2 Å². The van der Waals surface area contributed by atoms with Gasteiger partial charge in [-0.25, -0.2) is 9.97 Å². The van der Waals surface area contributed by atoms with E-state index in [1.165, 1.54) is 6.20 Å². The van der Waals surface area contributed by atoms with E-state index in [-0.39, 0.29) is 10.0 Å². The number of pyridine rings is 2. The molecule has 1 aliphatic heterocycles. The van der Waals surface area contributed by atoms with Crippen molar-refractivity contribution in [3.8, 4) is 23.1 Å². The lowest BCUT2D eigenvalue weighted by Gasteiger charge is -2.18. The number of fused-ring (bicyclic) bond motifs is 1. The quantitative estimate of drug-likeness (QED) is 0.360. The van der Waals surface area contributed by atoms with Crippen molar-refractivity contribution in [1.29, 1.82) is 5.26 Å². The first-order chi connectivity index (χ1) is 16.9. The molecule has 1 fully saturated rings. The van der Waals surface area contributed by atoms with Gasteiger partial charge in [-0.3, -0.25) is 5.10 Å². The first kappa shape index (κ1) is 23.3. The van der Waals surface area contributed by atoms with Crippen LogP contribution in [0.5, 0.6) is 5.75 Å². The third-order valence-corrected chi connectivity index (χ3v) is 6.60. The lowest BCUT2D eigenvalue weighted by molar-refractivity contribution is 0.198. The number of nitrogens with one attached hydrogen (secondary N) is 1. The molecule has 8 nitrogen and oxygen atoms in total. The Morgan fingerprint density at radius 3 is 2.86 bits per heavy atom. The smallest absolute Gasteiger partial charge is 0.232 e. The van der Waals surface area contributed by atoms with Crippen molar-refractivity contribution in [3.63, 3.8) is 0 Å². The normalized spacial score (nSPS) is 16.5. The van der Waals surface area contributed by atoms with E-state index in [2.05, 4.69) is 26.2 Å². The predicted octanol–water partition coefficient (Wildman–Crippen LogP) is 5.05. The first-order valence-electron chi connectivity index (χ1n) is 10.8. The minimum atomic E-state index is -0.818. The molecule has 5 rings (SSSR count). The number of aliphatic hydroxyl groups excluding tert-OH is 1. The molecular formula is C24H19Cl2FN6O2. The Morgan fingerprint density at radius 1 is 1.29 bits per heavy atom. The van der Waals surface area contributed by atoms with Gasteiger partial charge in [-0.15, -0.1) is 0 Å². The molecule has 0 spiro atoms. The molecule has 4 aromatic rings. The second-order valence-corrected chi connectivity index (χ2v) is 9.04. The zero-order valence-electron chi connectivity index (χ0n) is 18.5. The van der Waals surface area contributed by atoms with Crippen LogP contribution in [0.3, 0.4) is 0 Å². The Bertz CT molecular complexity index is 1470. The molecule has 11 heteroatoms. The molecule has 0 bridgehead atoms. The van der Waals surface area contributed by atoms with E-state index in [0.29, 0.717) is 53.5 Å². The van der Waals surface area contributed by atoms with Crippen LogP contribution in [-0.2, 0) is 0 Å². The van der Waals surface area contributed by atoms with Crippen LogP contribution in [0.4, 0.5) is 10.2 Å². The molecule has 4 heterocycles. The molecule has 0 aliphatic carbocycles. The monoisotopic (exact) mass is 512 g/mol. The van der Waals surface area contributed by atoms with E-state index in [0.717, 1.165) is 10.9 Å². The number of aliphatic hydroxyl groups is 1. The number of hydrogen-bond acceptors (Lipinski definition) is 7. The molecule has 2 atom stereocenters. The second-order valence-electron chi connectivity index (χ2n) is 8.26. The minimum Gasteiger partial charge on any atom is -0.486 e.